The van der Waals surface area contributed by atoms with Crippen LogP contribution >= 0.6 is 23.1 Å². The fourth-order valence-electron chi connectivity index (χ4n) is 2.48. The lowest BCUT2D eigenvalue weighted by Gasteiger charge is -2.16. The summed E-state index contributed by atoms with van der Waals surface area (Å²) in [5, 5.41) is 5.08. The van der Waals surface area contributed by atoms with E-state index in [1.54, 1.807) is 11.8 Å². The zero-order valence-corrected chi connectivity index (χ0v) is 14.8. The van der Waals surface area contributed by atoms with Gasteiger partial charge in [-0.2, -0.15) is 11.8 Å². The Morgan fingerprint density at radius 2 is 2.22 bits per heavy atom. The van der Waals surface area contributed by atoms with Crippen LogP contribution in [-0.4, -0.2) is 27.9 Å². The number of thiophene rings is 1. The van der Waals surface area contributed by atoms with E-state index in [0.717, 1.165) is 39.5 Å². The molecule has 3 rings (SSSR count). The molecule has 2 heterocycles. The van der Waals surface area contributed by atoms with Crippen molar-refractivity contribution in [2.24, 2.45) is 0 Å². The van der Waals surface area contributed by atoms with E-state index in [9.17, 15) is 4.79 Å². The molecule has 0 radical (unpaired) electrons. The SMILES string of the molecule is CSCC[C@H](NC(=O)c1sccc1C)c1nc2ccccc2[nH]1. The van der Waals surface area contributed by atoms with E-state index in [1.165, 1.54) is 11.3 Å². The largest absolute Gasteiger partial charge is 0.341 e. The number of thioether (sulfide) groups is 1. The first-order chi connectivity index (χ1) is 11.2. The standard InChI is InChI=1S/C17H19N3OS2/c1-11-7-10-23-15(11)17(21)20-14(8-9-22-2)16-18-12-5-3-4-6-13(12)19-16/h3-7,10,14H,8-9H2,1-2H3,(H,18,19)(H,20,21)/t14-/m0/s1. The molecule has 0 saturated carbocycles. The van der Waals surface area contributed by atoms with Gasteiger partial charge in [0.2, 0.25) is 0 Å². The molecular weight excluding hydrogens is 326 g/mol. The summed E-state index contributed by atoms with van der Waals surface area (Å²) in [5.41, 5.74) is 2.94. The topological polar surface area (TPSA) is 57.8 Å². The van der Waals surface area contributed by atoms with Gasteiger partial charge in [-0.1, -0.05) is 12.1 Å². The molecule has 120 valence electrons. The lowest BCUT2D eigenvalue weighted by Crippen LogP contribution is -2.29. The van der Waals surface area contributed by atoms with Gasteiger partial charge >= 0.3 is 0 Å². The van der Waals surface area contributed by atoms with Crippen molar-refractivity contribution < 1.29 is 4.79 Å². The highest BCUT2D eigenvalue weighted by Gasteiger charge is 2.20. The van der Waals surface area contributed by atoms with Crippen LogP contribution < -0.4 is 5.32 Å². The van der Waals surface area contributed by atoms with Gasteiger partial charge in [0, 0.05) is 0 Å². The van der Waals surface area contributed by atoms with Crippen LogP contribution in [0.1, 0.15) is 33.5 Å². The van der Waals surface area contributed by atoms with Crippen molar-refractivity contribution in [1.29, 1.82) is 0 Å². The van der Waals surface area contributed by atoms with Crippen LogP contribution in [0, 0.1) is 6.92 Å². The van der Waals surface area contributed by atoms with E-state index in [4.69, 9.17) is 0 Å². The van der Waals surface area contributed by atoms with Crippen LogP contribution in [0.5, 0.6) is 0 Å². The van der Waals surface area contributed by atoms with Gasteiger partial charge in [0.15, 0.2) is 0 Å². The third-order valence-electron chi connectivity index (χ3n) is 3.72. The van der Waals surface area contributed by atoms with Crippen molar-refractivity contribution in [2.75, 3.05) is 12.0 Å². The minimum atomic E-state index is -0.108. The number of amides is 1. The first kappa shape index (κ1) is 16.1. The molecule has 23 heavy (non-hydrogen) atoms. The summed E-state index contributed by atoms with van der Waals surface area (Å²) in [5.74, 6) is 1.76. The molecule has 2 N–H and O–H groups in total. The van der Waals surface area contributed by atoms with Gasteiger partial charge in [0.05, 0.1) is 22.0 Å². The van der Waals surface area contributed by atoms with Crippen LogP contribution in [0.2, 0.25) is 0 Å². The Hall–Kier alpha value is -1.79. The third-order valence-corrected chi connectivity index (χ3v) is 5.38. The number of rotatable bonds is 6. The monoisotopic (exact) mass is 345 g/mol. The number of benzene rings is 1. The van der Waals surface area contributed by atoms with E-state index in [-0.39, 0.29) is 11.9 Å². The predicted molar refractivity (Wildman–Crippen MR) is 98.4 cm³/mol. The van der Waals surface area contributed by atoms with Gasteiger partial charge in [-0.05, 0) is 54.5 Å². The minimum absolute atomic E-state index is 0.0240. The zero-order chi connectivity index (χ0) is 16.2. The van der Waals surface area contributed by atoms with Crippen LogP contribution in [0.4, 0.5) is 0 Å². The van der Waals surface area contributed by atoms with Crippen LogP contribution in [0.25, 0.3) is 11.0 Å². The second kappa shape index (κ2) is 7.19. The summed E-state index contributed by atoms with van der Waals surface area (Å²) >= 11 is 3.24. The molecule has 1 aromatic carbocycles. The number of hydrogen-bond acceptors (Lipinski definition) is 4. The summed E-state index contributed by atoms with van der Waals surface area (Å²) in [6.45, 7) is 1.96. The average Bonchev–Trinajstić information content (AvgIpc) is 3.16. The van der Waals surface area contributed by atoms with Gasteiger partial charge in [0.25, 0.3) is 5.91 Å². The second-order valence-corrected chi connectivity index (χ2v) is 7.28. The molecule has 0 aliphatic heterocycles. The summed E-state index contributed by atoms with van der Waals surface area (Å²) < 4.78 is 0. The van der Waals surface area contributed by atoms with Gasteiger partial charge in [-0.25, -0.2) is 4.98 Å². The molecule has 3 aromatic rings. The Morgan fingerprint density at radius 3 is 2.91 bits per heavy atom. The fraction of sp³-hybridized carbons (Fsp3) is 0.294. The fourth-order valence-corrected chi connectivity index (χ4v) is 3.78. The maximum absolute atomic E-state index is 12.5. The van der Waals surface area contributed by atoms with Crippen molar-refractivity contribution in [2.45, 2.75) is 19.4 Å². The van der Waals surface area contributed by atoms with Crippen molar-refractivity contribution in [3.05, 3.63) is 52.0 Å². The summed E-state index contributed by atoms with van der Waals surface area (Å²) in [6, 6.07) is 9.79. The number of aromatic amines is 1. The van der Waals surface area contributed by atoms with Crippen molar-refractivity contribution in [1.82, 2.24) is 15.3 Å². The molecule has 0 unspecified atom stereocenters. The molecule has 0 aliphatic rings. The Labute approximate surface area is 143 Å². The maximum atomic E-state index is 12.5. The third kappa shape index (κ3) is 3.59. The number of imidazole rings is 1. The van der Waals surface area contributed by atoms with E-state index < -0.39 is 0 Å². The number of hydrogen-bond donors (Lipinski definition) is 2. The quantitative estimate of drug-likeness (QED) is 0.705. The van der Waals surface area contributed by atoms with Crippen LogP contribution in [0.3, 0.4) is 0 Å². The predicted octanol–water partition coefficient (Wildman–Crippen LogP) is 4.16. The lowest BCUT2D eigenvalue weighted by molar-refractivity contribution is 0.0938. The molecule has 0 fully saturated rings. The van der Waals surface area contributed by atoms with Gasteiger partial charge in [-0.3, -0.25) is 4.79 Å². The molecular formula is C17H19N3OS2. The molecule has 6 heteroatoms. The smallest absolute Gasteiger partial charge is 0.262 e. The zero-order valence-electron chi connectivity index (χ0n) is 13.1. The molecule has 1 atom stereocenters. The number of aromatic nitrogens is 2. The number of carbonyl (C=O) groups excluding carboxylic acids is 1. The van der Waals surface area contributed by atoms with Crippen molar-refractivity contribution in [3.8, 4) is 0 Å². The summed E-state index contributed by atoms with van der Waals surface area (Å²) in [4.78, 5) is 21.3. The van der Waals surface area contributed by atoms with E-state index >= 15 is 0 Å². The maximum Gasteiger partial charge on any atom is 0.262 e. The molecule has 2 aromatic heterocycles. The van der Waals surface area contributed by atoms with Crippen LogP contribution in [-0.2, 0) is 0 Å². The Bertz CT molecular complexity index is 776. The average molecular weight is 345 g/mol. The van der Waals surface area contributed by atoms with Gasteiger partial charge < -0.3 is 10.3 Å². The number of para-hydroxylation sites is 2. The number of H-pyrrole nitrogens is 1. The molecule has 1 amide bonds. The van der Waals surface area contributed by atoms with Gasteiger partial charge in [-0.15, -0.1) is 11.3 Å². The highest BCUT2D eigenvalue weighted by atomic mass is 32.2. The number of fused-ring (bicyclic) bond motifs is 1. The number of nitrogens with zero attached hydrogens (tertiary/aromatic N) is 1. The highest BCUT2D eigenvalue weighted by Crippen LogP contribution is 2.22. The number of nitrogens with one attached hydrogen (secondary N) is 2. The molecule has 0 bridgehead atoms. The second-order valence-electron chi connectivity index (χ2n) is 5.38. The first-order valence-electron chi connectivity index (χ1n) is 7.47. The lowest BCUT2D eigenvalue weighted by atomic mass is 10.2. The molecule has 0 aliphatic carbocycles. The Kier molecular flexibility index (Phi) is 5.03. The normalized spacial score (nSPS) is 12.4. The summed E-state index contributed by atoms with van der Waals surface area (Å²) in [6.07, 6.45) is 2.91. The van der Waals surface area contributed by atoms with E-state index in [0.29, 0.717) is 0 Å². The number of aryl methyl sites for hydroxylation is 1. The number of carbonyl (C=O) groups is 1. The van der Waals surface area contributed by atoms with Gasteiger partial charge in [0.1, 0.15) is 5.82 Å². The minimum Gasteiger partial charge on any atom is -0.341 e. The molecule has 0 saturated heterocycles. The first-order valence-corrected chi connectivity index (χ1v) is 9.75. The molecule has 0 spiro atoms. The van der Waals surface area contributed by atoms with E-state index in [2.05, 4.69) is 21.5 Å². The van der Waals surface area contributed by atoms with Crippen molar-refractivity contribution in [3.63, 3.8) is 0 Å². The summed E-state index contributed by atoms with van der Waals surface area (Å²) in [7, 11) is 0. The van der Waals surface area contributed by atoms with Crippen molar-refractivity contribution >= 4 is 40.0 Å². The van der Waals surface area contributed by atoms with Crippen LogP contribution in [0.15, 0.2) is 35.7 Å². The Balaban J connectivity index is 1.85. The van der Waals surface area contributed by atoms with E-state index in [1.807, 2.05) is 42.6 Å². The molecule has 4 nitrogen and oxygen atoms in total. The highest BCUT2D eigenvalue weighted by molar-refractivity contribution is 7.98. The Morgan fingerprint density at radius 1 is 1.39 bits per heavy atom.